The van der Waals surface area contributed by atoms with Crippen molar-refractivity contribution in [3.63, 3.8) is 0 Å². The van der Waals surface area contributed by atoms with Gasteiger partial charge in [0, 0.05) is 12.1 Å². The molecule has 1 aliphatic heterocycles. The molecule has 1 saturated heterocycles. The van der Waals surface area contributed by atoms with Gasteiger partial charge in [0.1, 0.15) is 0 Å². The highest BCUT2D eigenvalue weighted by atomic mass is 16.1. The Balaban J connectivity index is 1.76. The molecule has 1 heterocycles. The summed E-state index contributed by atoms with van der Waals surface area (Å²) in [6, 6.07) is 7.21. The van der Waals surface area contributed by atoms with E-state index in [1.54, 1.807) is 24.3 Å². The summed E-state index contributed by atoms with van der Waals surface area (Å²) in [5, 5.41) is 6.17. The fourth-order valence-electron chi connectivity index (χ4n) is 2.43. The van der Waals surface area contributed by atoms with Gasteiger partial charge < -0.3 is 16.4 Å². The number of primary amides is 1. The van der Waals surface area contributed by atoms with E-state index >= 15 is 0 Å². The van der Waals surface area contributed by atoms with Gasteiger partial charge in [-0.15, -0.1) is 0 Å². The van der Waals surface area contributed by atoms with Crippen LogP contribution in [0, 0.1) is 5.92 Å². The average Bonchev–Trinajstić information content (AvgIpc) is 2.91. The van der Waals surface area contributed by atoms with Crippen LogP contribution in [0.5, 0.6) is 0 Å². The van der Waals surface area contributed by atoms with E-state index in [0.717, 1.165) is 37.2 Å². The molecule has 20 heavy (non-hydrogen) atoms. The van der Waals surface area contributed by atoms with Crippen molar-refractivity contribution in [1.82, 2.24) is 5.32 Å². The predicted octanol–water partition coefficient (Wildman–Crippen LogP) is 1.04. The second-order valence-electron chi connectivity index (χ2n) is 5.29. The highest BCUT2D eigenvalue weighted by Crippen LogP contribution is 2.15. The normalized spacial score (nSPS) is 17.9. The third kappa shape index (κ3) is 4.66. The summed E-state index contributed by atoms with van der Waals surface area (Å²) >= 11 is 0. The molecular formula is C15H21N3O2. The molecule has 0 saturated carbocycles. The lowest BCUT2D eigenvalue weighted by Crippen LogP contribution is -2.15. The number of hydrogen-bond donors (Lipinski definition) is 3. The fraction of sp³-hybridized carbons (Fsp3) is 0.467. The Hall–Kier alpha value is -1.88. The lowest BCUT2D eigenvalue weighted by molar-refractivity contribution is -0.117. The first kappa shape index (κ1) is 14.5. The number of rotatable bonds is 6. The maximum absolute atomic E-state index is 11.8. The molecule has 1 aromatic rings. The Kier molecular flexibility index (Phi) is 5.12. The molecule has 1 aromatic carbocycles. The van der Waals surface area contributed by atoms with Crippen LogP contribution in [-0.2, 0) is 16.0 Å². The van der Waals surface area contributed by atoms with Gasteiger partial charge in [-0.3, -0.25) is 9.59 Å². The molecule has 2 amide bonds. The molecule has 4 N–H and O–H groups in total. The van der Waals surface area contributed by atoms with Crippen molar-refractivity contribution in [3.8, 4) is 0 Å². The zero-order valence-electron chi connectivity index (χ0n) is 11.5. The van der Waals surface area contributed by atoms with Gasteiger partial charge >= 0.3 is 0 Å². The topological polar surface area (TPSA) is 84.2 Å². The molecule has 0 bridgehead atoms. The van der Waals surface area contributed by atoms with E-state index in [4.69, 9.17) is 5.73 Å². The Labute approximate surface area is 118 Å². The third-order valence-corrected chi connectivity index (χ3v) is 3.56. The SMILES string of the molecule is NC(=O)Cc1ccc(NC(=O)CCC2CCNC2)cc1. The minimum absolute atomic E-state index is 0.0413. The zero-order valence-corrected chi connectivity index (χ0v) is 11.5. The van der Waals surface area contributed by atoms with Crippen LogP contribution < -0.4 is 16.4 Å². The molecule has 1 fully saturated rings. The lowest BCUT2D eigenvalue weighted by atomic mass is 10.0. The summed E-state index contributed by atoms with van der Waals surface area (Å²) in [5.74, 6) is 0.310. The number of nitrogens with one attached hydrogen (secondary N) is 2. The summed E-state index contributed by atoms with van der Waals surface area (Å²) in [7, 11) is 0. The number of anilines is 1. The third-order valence-electron chi connectivity index (χ3n) is 3.56. The van der Waals surface area contributed by atoms with Crippen LogP contribution in [0.2, 0.25) is 0 Å². The summed E-state index contributed by atoms with van der Waals surface area (Å²) < 4.78 is 0. The van der Waals surface area contributed by atoms with Crippen molar-refractivity contribution < 1.29 is 9.59 Å². The number of nitrogens with two attached hydrogens (primary N) is 1. The Bertz CT molecular complexity index is 465. The van der Waals surface area contributed by atoms with Crippen molar-refractivity contribution in [3.05, 3.63) is 29.8 Å². The van der Waals surface area contributed by atoms with E-state index in [0.29, 0.717) is 12.3 Å². The van der Waals surface area contributed by atoms with Crippen LogP contribution in [-0.4, -0.2) is 24.9 Å². The number of amides is 2. The van der Waals surface area contributed by atoms with Crippen LogP contribution in [0.15, 0.2) is 24.3 Å². The average molecular weight is 275 g/mol. The van der Waals surface area contributed by atoms with Crippen molar-refractivity contribution in [2.24, 2.45) is 11.7 Å². The van der Waals surface area contributed by atoms with Gasteiger partial charge in [0.05, 0.1) is 6.42 Å². The van der Waals surface area contributed by atoms with Crippen LogP contribution >= 0.6 is 0 Å². The van der Waals surface area contributed by atoms with E-state index in [9.17, 15) is 9.59 Å². The standard InChI is InChI=1S/C15H21N3O2/c16-14(19)9-11-1-4-13(5-2-11)18-15(20)6-3-12-7-8-17-10-12/h1-2,4-5,12,17H,3,6-10H2,(H2,16,19)(H,18,20). The van der Waals surface area contributed by atoms with Gasteiger partial charge in [0.15, 0.2) is 0 Å². The first-order valence-corrected chi connectivity index (χ1v) is 7.01. The fourth-order valence-corrected chi connectivity index (χ4v) is 2.43. The highest BCUT2D eigenvalue weighted by molar-refractivity contribution is 5.90. The molecule has 0 radical (unpaired) electrons. The molecular weight excluding hydrogens is 254 g/mol. The van der Waals surface area contributed by atoms with Gasteiger partial charge in [0.2, 0.25) is 11.8 Å². The van der Waals surface area contributed by atoms with E-state index in [1.165, 1.54) is 0 Å². The minimum Gasteiger partial charge on any atom is -0.369 e. The minimum atomic E-state index is -0.355. The van der Waals surface area contributed by atoms with Gasteiger partial charge in [-0.1, -0.05) is 12.1 Å². The van der Waals surface area contributed by atoms with Crippen LogP contribution in [0.25, 0.3) is 0 Å². The Morgan fingerprint density at radius 2 is 2.05 bits per heavy atom. The number of carbonyl (C=O) groups is 2. The second-order valence-corrected chi connectivity index (χ2v) is 5.29. The molecule has 5 nitrogen and oxygen atoms in total. The molecule has 5 heteroatoms. The number of carbonyl (C=O) groups excluding carboxylic acids is 2. The molecule has 0 aromatic heterocycles. The predicted molar refractivity (Wildman–Crippen MR) is 78.2 cm³/mol. The quantitative estimate of drug-likeness (QED) is 0.725. The molecule has 0 spiro atoms. The maximum atomic E-state index is 11.8. The molecule has 0 aliphatic carbocycles. The zero-order chi connectivity index (χ0) is 14.4. The number of benzene rings is 1. The Morgan fingerprint density at radius 1 is 1.30 bits per heavy atom. The second kappa shape index (κ2) is 7.05. The summed E-state index contributed by atoms with van der Waals surface area (Å²) in [6.07, 6.45) is 2.87. The Morgan fingerprint density at radius 3 is 2.65 bits per heavy atom. The van der Waals surface area contributed by atoms with Crippen molar-refractivity contribution in [1.29, 1.82) is 0 Å². The van der Waals surface area contributed by atoms with Gasteiger partial charge in [-0.05, 0) is 49.5 Å². The van der Waals surface area contributed by atoms with E-state index in [-0.39, 0.29) is 18.2 Å². The largest absolute Gasteiger partial charge is 0.369 e. The van der Waals surface area contributed by atoms with Crippen molar-refractivity contribution in [2.75, 3.05) is 18.4 Å². The monoisotopic (exact) mass is 275 g/mol. The van der Waals surface area contributed by atoms with E-state index in [1.807, 2.05) is 0 Å². The molecule has 1 aliphatic rings. The highest BCUT2D eigenvalue weighted by Gasteiger charge is 2.15. The van der Waals surface area contributed by atoms with Crippen LogP contribution in [0.4, 0.5) is 5.69 Å². The van der Waals surface area contributed by atoms with E-state index in [2.05, 4.69) is 10.6 Å². The lowest BCUT2D eigenvalue weighted by Gasteiger charge is -2.09. The van der Waals surface area contributed by atoms with Crippen molar-refractivity contribution in [2.45, 2.75) is 25.7 Å². The summed E-state index contributed by atoms with van der Waals surface area (Å²) in [4.78, 5) is 22.6. The molecule has 1 atom stereocenters. The van der Waals surface area contributed by atoms with E-state index < -0.39 is 0 Å². The van der Waals surface area contributed by atoms with Gasteiger partial charge in [0.25, 0.3) is 0 Å². The van der Waals surface area contributed by atoms with Crippen LogP contribution in [0.3, 0.4) is 0 Å². The maximum Gasteiger partial charge on any atom is 0.224 e. The number of hydrogen-bond acceptors (Lipinski definition) is 3. The molecule has 2 rings (SSSR count). The molecule has 108 valence electrons. The van der Waals surface area contributed by atoms with Crippen molar-refractivity contribution >= 4 is 17.5 Å². The summed E-state index contributed by atoms with van der Waals surface area (Å²) in [6.45, 7) is 2.09. The van der Waals surface area contributed by atoms with Gasteiger partial charge in [-0.2, -0.15) is 0 Å². The molecule has 1 unspecified atom stereocenters. The smallest absolute Gasteiger partial charge is 0.224 e. The summed E-state index contributed by atoms with van der Waals surface area (Å²) in [5.41, 5.74) is 6.74. The van der Waals surface area contributed by atoms with Gasteiger partial charge in [-0.25, -0.2) is 0 Å². The first-order chi connectivity index (χ1) is 9.63. The first-order valence-electron chi connectivity index (χ1n) is 7.01. The van der Waals surface area contributed by atoms with Crippen LogP contribution in [0.1, 0.15) is 24.8 Å².